The van der Waals surface area contributed by atoms with Crippen LogP contribution in [-0.2, 0) is 38.4 Å². The summed E-state index contributed by atoms with van der Waals surface area (Å²) in [6.45, 7) is 17.8. The first-order chi connectivity index (χ1) is 21.8. The SMILES string of the molecule is CC(=O)O.CC(=O)O.CC(=O)O.CC(=O)O.CC(=O)O.CC(=O)O.CC(=O)O.CC(=O)O.NCCNCCNCCNCCNCCN. The quantitative estimate of drug-likeness (QED) is 0.0917. The first-order valence-corrected chi connectivity index (χ1v) is 13.6. The van der Waals surface area contributed by atoms with E-state index in [0.29, 0.717) is 13.1 Å². The molecule has 16 N–H and O–H groups in total. The number of carboxylic acid groups (broad SMARTS) is 8. The number of nitrogens with two attached hydrogens (primary N) is 2. The van der Waals surface area contributed by atoms with Gasteiger partial charge in [0.25, 0.3) is 47.8 Å². The molecule has 0 heterocycles. The number of hydrogen-bond donors (Lipinski definition) is 14. The molecule has 0 atom stereocenters. The Hall–Kier alpha value is -4.48. The van der Waals surface area contributed by atoms with Crippen LogP contribution in [0.25, 0.3) is 0 Å². The van der Waals surface area contributed by atoms with Gasteiger partial charge in [0.1, 0.15) is 0 Å². The summed E-state index contributed by atoms with van der Waals surface area (Å²) < 4.78 is 0. The molecule has 0 unspecified atom stereocenters. The third-order valence-electron chi connectivity index (χ3n) is 2.08. The lowest BCUT2D eigenvalue weighted by Crippen LogP contribution is -2.36. The number of carbonyl (C=O) groups is 8. The van der Waals surface area contributed by atoms with E-state index in [9.17, 15) is 0 Å². The van der Waals surface area contributed by atoms with E-state index in [1.54, 1.807) is 0 Å². The van der Waals surface area contributed by atoms with Crippen LogP contribution in [0.2, 0.25) is 0 Å². The summed E-state index contributed by atoms with van der Waals surface area (Å²) in [5.41, 5.74) is 10.7. The van der Waals surface area contributed by atoms with Crippen LogP contribution in [-0.4, -0.2) is 154 Å². The number of nitrogens with one attached hydrogen (secondary N) is 4. The van der Waals surface area contributed by atoms with Gasteiger partial charge in [0.05, 0.1) is 0 Å². The van der Waals surface area contributed by atoms with Crippen molar-refractivity contribution in [2.45, 2.75) is 55.4 Å². The molecule has 290 valence electrons. The molecule has 0 aliphatic carbocycles. The lowest BCUT2D eigenvalue weighted by atomic mass is 10.5. The highest BCUT2D eigenvalue weighted by atomic mass is 16.4. The van der Waals surface area contributed by atoms with E-state index in [1.165, 1.54) is 0 Å². The third-order valence-corrected chi connectivity index (χ3v) is 2.08. The van der Waals surface area contributed by atoms with Gasteiger partial charge in [-0.1, -0.05) is 0 Å². The van der Waals surface area contributed by atoms with Crippen LogP contribution in [0.15, 0.2) is 0 Å². The average molecular weight is 713 g/mol. The van der Waals surface area contributed by atoms with Crippen LogP contribution in [0.1, 0.15) is 55.4 Å². The van der Waals surface area contributed by atoms with Gasteiger partial charge in [-0.3, -0.25) is 38.4 Å². The maximum atomic E-state index is 9.00. The lowest BCUT2D eigenvalue weighted by Gasteiger charge is -2.07. The molecule has 22 nitrogen and oxygen atoms in total. The molecule has 0 aromatic rings. The zero-order chi connectivity index (χ0) is 40.5. The highest BCUT2D eigenvalue weighted by Gasteiger charge is 1.89. The monoisotopic (exact) mass is 712 g/mol. The van der Waals surface area contributed by atoms with Crippen LogP contribution < -0.4 is 32.7 Å². The predicted molar refractivity (Wildman–Crippen MR) is 176 cm³/mol. The van der Waals surface area contributed by atoms with Crippen molar-refractivity contribution in [3.05, 3.63) is 0 Å². The Kier molecular flexibility index (Phi) is 89.7. The van der Waals surface area contributed by atoms with Crippen LogP contribution in [0.4, 0.5) is 0 Å². The fourth-order valence-corrected chi connectivity index (χ4v) is 1.23. The van der Waals surface area contributed by atoms with Crippen molar-refractivity contribution in [3.8, 4) is 0 Å². The molecule has 22 heteroatoms. The second kappa shape index (κ2) is 65.2. The van der Waals surface area contributed by atoms with Gasteiger partial charge in [0, 0.05) is 121 Å². The molecule has 0 fully saturated rings. The summed E-state index contributed by atoms with van der Waals surface area (Å²) >= 11 is 0. The molecule has 0 amide bonds. The van der Waals surface area contributed by atoms with E-state index in [-0.39, 0.29) is 0 Å². The smallest absolute Gasteiger partial charge is 0.300 e. The Morgan fingerprint density at radius 3 is 0.479 bits per heavy atom. The van der Waals surface area contributed by atoms with E-state index in [0.717, 1.165) is 108 Å². The Labute approximate surface area is 280 Å². The number of carboxylic acids is 8. The van der Waals surface area contributed by atoms with Gasteiger partial charge in [-0.05, 0) is 0 Å². The molecule has 0 saturated heterocycles. The standard InChI is InChI=1S/C10H28N6.8C2H4O2/c11-1-3-13-5-7-15-9-10-16-8-6-14-4-2-12;8*1-2(3)4/h13-16H,1-12H2;8*1H3,(H,3,4). The van der Waals surface area contributed by atoms with Crippen LogP contribution >= 0.6 is 0 Å². The molecule has 0 aromatic carbocycles. The summed E-state index contributed by atoms with van der Waals surface area (Å²) in [6, 6.07) is 0. The molecule has 0 rings (SSSR count). The summed E-state index contributed by atoms with van der Waals surface area (Å²) in [5.74, 6) is -6.67. The van der Waals surface area contributed by atoms with Crippen molar-refractivity contribution in [1.29, 1.82) is 0 Å². The van der Waals surface area contributed by atoms with E-state index >= 15 is 0 Å². The fraction of sp³-hybridized carbons (Fsp3) is 0.692. The maximum Gasteiger partial charge on any atom is 0.300 e. The van der Waals surface area contributed by atoms with E-state index < -0.39 is 47.8 Å². The molecule has 0 aliphatic rings. The van der Waals surface area contributed by atoms with Crippen molar-refractivity contribution in [3.63, 3.8) is 0 Å². The van der Waals surface area contributed by atoms with Gasteiger partial charge >= 0.3 is 0 Å². The van der Waals surface area contributed by atoms with Crippen molar-refractivity contribution >= 4 is 47.8 Å². The van der Waals surface area contributed by atoms with E-state index in [2.05, 4.69) is 21.3 Å². The molecule has 0 spiro atoms. The Balaban J connectivity index is -0.0000000565. The maximum absolute atomic E-state index is 9.00. The predicted octanol–water partition coefficient (Wildman–Crippen LogP) is -2.01. The van der Waals surface area contributed by atoms with Gasteiger partial charge < -0.3 is 73.6 Å². The molecular formula is C26H60N6O16. The largest absolute Gasteiger partial charge is 0.481 e. The van der Waals surface area contributed by atoms with Gasteiger partial charge in [-0.25, -0.2) is 0 Å². The number of hydrogen-bond acceptors (Lipinski definition) is 14. The van der Waals surface area contributed by atoms with Gasteiger partial charge in [-0.15, -0.1) is 0 Å². The normalized spacial score (nSPS) is 7.79. The van der Waals surface area contributed by atoms with Gasteiger partial charge in [0.15, 0.2) is 0 Å². The minimum atomic E-state index is -0.833. The van der Waals surface area contributed by atoms with Crippen molar-refractivity contribution in [2.75, 3.05) is 65.4 Å². The zero-order valence-corrected chi connectivity index (χ0v) is 29.1. The summed E-state index contributed by atoms with van der Waals surface area (Å²) in [4.78, 5) is 72.0. The molecule has 0 aromatic heterocycles. The number of aliphatic carboxylic acids is 8. The Morgan fingerprint density at radius 2 is 0.396 bits per heavy atom. The molecular weight excluding hydrogens is 652 g/mol. The van der Waals surface area contributed by atoms with Crippen molar-refractivity contribution in [2.24, 2.45) is 11.5 Å². The van der Waals surface area contributed by atoms with Gasteiger partial charge in [0.2, 0.25) is 0 Å². The molecule has 0 bridgehead atoms. The number of rotatable bonds is 13. The second-order valence-corrected chi connectivity index (χ2v) is 7.73. The van der Waals surface area contributed by atoms with Crippen molar-refractivity contribution in [1.82, 2.24) is 21.3 Å². The molecule has 0 radical (unpaired) electrons. The zero-order valence-electron chi connectivity index (χ0n) is 29.1. The first kappa shape index (κ1) is 66.0. The van der Waals surface area contributed by atoms with Gasteiger partial charge in [-0.2, -0.15) is 0 Å². The lowest BCUT2D eigenvalue weighted by molar-refractivity contribution is -0.135. The van der Waals surface area contributed by atoms with Crippen molar-refractivity contribution < 1.29 is 79.2 Å². The van der Waals surface area contributed by atoms with Crippen LogP contribution in [0, 0.1) is 0 Å². The minimum Gasteiger partial charge on any atom is -0.481 e. The second-order valence-electron chi connectivity index (χ2n) is 7.73. The summed E-state index contributed by atoms with van der Waals surface area (Å²) in [6.07, 6.45) is 0. The first-order valence-electron chi connectivity index (χ1n) is 13.6. The molecule has 0 saturated carbocycles. The Morgan fingerprint density at radius 1 is 0.312 bits per heavy atom. The fourth-order valence-electron chi connectivity index (χ4n) is 1.23. The Bertz CT molecular complexity index is 583. The highest BCUT2D eigenvalue weighted by Crippen LogP contribution is 1.62. The van der Waals surface area contributed by atoms with E-state index in [4.69, 9.17) is 90.7 Å². The third kappa shape index (κ3) is 939. The van der Waals surface area contributed by atoms with Crippen LogP contribution in [0.3, 0.4) is 0 Å². The van der Waals surface area contributed by atoms with Crippen LogP contribution in [0.5, 0.6) is 0 Å². The molecule has 0 aliphatic heterocycles. The van der Waals surface area contributed by atoms with E-state index in [1.807, 2.05) is 0 Å². The summed E-state index contributed by atoms with van der Waals surface area (Å²) in [7, 11) is 0. The average Bonchev–Trinajstić information content (AvgIpc) is 2.82. The minimum absolute atomic E-state index is 0.706. The summed E-state index contributed by atoms with van der Waals surface area (Å²) in [5, 5.41) is 72.5. The molecule has 48 heavy (non-hydrogen) atoms. The highest BCUT2D eigenvalue weighted by molar-refractivity contribution is 5.64. The topological polar surface area (TPSA) is 399 Å².